The van der Waals surface area contributed by atoms with Crippen LogP contribution in [0.2, 0.25) is 0 Å². The molecule has 0 unspecified atom stereocenters. The third-order valence-electron chi connectivity index (χ3n) is 2.87. The molecule has 0 saturated carbocycles. The minimum Gasteiger partial charge on any atom is -0.384 e. The number of fused-ring (bicyclic) bond motifs is 1. The molecule has 0 aliphatic rings. The first-order valence-electron chi connectivity index (χ1n) is 5.96. The standard InChI is InChI=1S/C14H14BrN3/c1-3-9-5-11(15)6-12-13(9)18-8-10(7-16)14(12)17-4-2/h5-6,8H,3-4H2,1-2H3,(H,17,18). The number of nitrogens with zero attached hydrogens (tertiary/aromatic N) is 2. The minimum atomic E-state index is 0.588. The highest BCUT2D eigenvalue weighted by Crippen LogP contribution is 2.31. The number of nitrogens with one attached hydrogen (secondary N) is 1. The van der Waals surface area contributed by atoms with E-state index < -0.39 is 0 Å². The summed E-state index contributed by atoms with van der Waals surface area (Å²) in [7, 11) is 0. The zero-order chi connectivity index (χ0) is 13.1. The van der Waals surface area contributed by atoms with Crippen LogP contribution in [0, 0.1) is 11.3 Å². The lowest BCUT2D eigenvalue weighted by atomic mass is 10.0. The van der Waals surface area contributed by atoms with Crippen molar-refractivity contribution in [2.24, 2.45) is 0 Å². The third-order valence-corrected chi connectivity index (χ3v) is 3.33. The molecule has 0 radical (unpaired) electrons. The van der Waals surface area contributed by atoms with Crippen LogP contribution in [0.4, 0.5) is 5.69 Å². The summed E-state index contributed by atoms with van der Waals surface area (Å²) < 4.78 is 1.02. The van der Waals surface area contributed by atoms with Gasteiger partial charge in [0.1, 0.15) is 6.07 Å². The van der Waals surface area contributed by atoms with Gasteiger partial charge in [-0.15, -0.1) is 0 Å². The van der Waals surface area contributed by atoms with Crippen molar-refractivity contribution in [1.82, 2.24) is 4.98 Å². The first-order chi connectivity index (χ1) is 8.71. The number of aryl methyl sites for hydroxylation is 1. The zero-order valence-electron chi connectivity index (χ0n) is 10.4. The van der Waals surface area contributed by atoms with Gasteiger partial charge in [0, 0.05) is 22.6 Å². The quantitative estimate of drug-likeness (QED) is 0.936. The lowest BCUT2D eigenvalue weighted by Gasteiger charge is -2.12. The Morgan fingerprint density at radius 3 is 2.78 bits per heavy atom. The molecule has 1 N–H and O–H groups in total. The summed E-state index contributed by atoms with van der Waals surface area (Å²) in [4.78, 5) is 4.42. The number of benzene rings is 1. The maximum Gasteiger partial charge on any atom is 0.103 e. The first kappa shape index (κ1) is 12.8. The molecule has 0 atom stereocenters. The molecule has 0 saturated heterocycles. The van der Waals surface area contributed by atoms with E-state index in [0.717, 1.165) is 34.0 Å². The second-order valence-electron chi connectivity index (χ2n) is 4.00. The summed E-state index contributed by atoms with van der Waals surface area (Å²) in [5.74, 6) is 0. The zero-order valence-corrected chi connectivity index (χ0v) is 12.0. The van der Waals surface area contributed by atoms with E-state index in [1.807, 2.05) is 13.0 Å². The van der Waals surface area contributed by atoms with E-state index in [1.54, 1.807) is 6.20 Å². The molecule has 3 nitrogen and oxygen atoms in total. The number of hydrogen-bond donors (Lipinski definition) is 1. The molecule has 0 aliphatic heterocycles. The van der Waals surface area contributed by atoms with E-state index in [1.165, 1.54) is 5.56 Å². The van der Waals surface area contributed by atoms with Gasteiger partial charge in [-0.3, -0.25) is 4.98 Å². The maximum absolute atomic E-state index is 9.16. The second kappa shape index (κ2) is 5.36. The number of pyridine rings is 1. The Bertz CT molecular complexity index is 629. The average Bonchev–Trinajstić information content (AvgIpc) is 2.38. The lowest BCUT2D eigenvalue weighted by Crippen LogP contribution is -2.02. The highest BCUT2D eigenvalue weighted by Gasteiger charge is 2.11. The molecule has 0 fully saturated rings. The van der Waals surface area contributed by atoms with Crippen LogP contribution in [-0.4, -0.2) is 11.5 Å². The van der Waals surface area contributed by atoms with Crippen molar-refractivity contribution in [2.45, 2.75) is 20.3 Å². The number of halogens is 1. The molecular weight excluding hydrogens is 290 g/mol. The lowest BCUT2D eigenvalue weighted by molar-refractivity contribution is 1.14. The fourth-order valence-corrected chi connectivity index (χ4v) is 2.56. The maximum atomic E-state index is 9.16. The Kier molecular flexibility index (Phi) is 3.83. The van der Waals surface area contributed by atoms with Gasteiger partial charge >= 0.3 is 0 Å². The summed E-state index contributed by atoms with van der Waals surface area (Å²) in [5, 5.41) is 13.4. The molecule has 92 valence electrons. The molecule has 2 aromatic rings. The van der Waals surface area contributed by atoms with E-state index in [2.05, 4.69) is 45.3 Å². The predicted octanol–water partition coefficient (Wildman–Crippen LogP) is 3.86. The SMILES string of the molecule is CCNc1c(C#N)cnc2c(CC)cc(Br)cc12. The smallest absolute Gasteiger partial charge is 0.103 e. The van der Waals surface area contributed by atoms with Crippen molar-refractivity contribution in [3.63, 3.8) is 0 Å². The van der Waals surface area contributed by atoms with Crippen LogP contribution in [0.1, 0.15) is 25.0 Å². The van der Waals surface area contributed by atoms with Crippen LogP contribution in [0.25, 0.3) is 10.9 Å². The van der Waals surface area contributed by atoms with Crippen molar-refractivity contribution >= 4 is 32.5 Å². The van der Waals surface area contributed by atoms with Crippen molar-refractivity contribution in [2.75, 3.05) is 11.9 Å². The molecular formula is C14H14BrN3. The molecule has 18 heavy (non-hydrogen) atoms. The van der Waals surface area contributed by atoms with E-state index in [9.17, 15) is 0 Å². The molecule has 0 spiro atoms. The number of hydrogen-bond acceptors (Lipinski definition) is 3. The summed E-state index contributed by atoms with van der Waals surface area (Å²) in [6, 6.07) is 6.28. The molecule has 1 aromatic carbocycles. The molecule has 4 heteroatoms. The van der Waals surface area contributed by atoms with E-state index in [-0.39, 0.29) is 0 Å². The Balaban J connectivity index is 2.83. The Morgan fingerprint density at radius 1 is 1.39 bits per heavy atom. The Labute approximate surface area is 115 Å². The average molecular weight is 304 g/mol. The molecule has 0 aliphatic carbocycles. The van der Waals surface area contributed by atoms with Gasteiger partial charge in [-0.05, 0) is 31.0 Å². The molecule has 0 amide bonds. The van der Waals surface area contributed by atoms with Crippen LogP contribution < -0.4 is 5.32 Å². The predicted molar refractivity (Wildman–Crippen MR) is 77.7 cm³/mol. The van der Waals surface area contributed by atoms with Gasteiger partial charge in [0.2, 0.25) is 0 Å². The highest BCUT2D eigenvalue weighted by atomic mass is 79.9. The van der Waals surface area contributed by atoms with E-state index >= 15 is 0 Å². The Hall–Kier alpha value is -1.60. The number of aromatic nitrogens is 1. The third kappa shape index (κ3) is 2.19. The van der Waals surface area contributed by atoms with Gasteiger partial charge in [0.25, 0.3) is 0 Å². The second-order valence-corrected chi connectivity index (χ2v) is 4.92. The van der Waals surface area contributed by atoms with Crippen LogP contribution in [0.15, 0.2) is 22.8 Å². The van der Waals surface area contributed by atoms with Crippen molar-refractivity contribution in [1.29, 1.82) is 5.26 Å². The van der Waals surface area contributed by atoms with Crippen LogP contribution in [-0.2, 0) is 6.42 Å². The molecule has 2 rings (SSSR count). The van der Waals surface area contributed by atoms with Crippen molar-refractivity contribution in [3.05, 3.63) is 33.9 Å². The highest BCUT2D eigenvalue weighted by molar-refractivity contribution is 9.10. The van der Waals surface area contributed by atoms with Gasteiger partial charge in [-0.1, -0.05) is 22.9 Å². The Morgan fingerprint density at radius 2 is 2.17 bits per heavy atom. The molecule has 0 bridgehead atoms. The topological polar surface area (TPSA) is 48.7 Å². The summed E-state index contributed by atoms with van der Waals surface area (Å²) in [6.45, 7) is 4.90. The monoisotopic (exact) mass is 303 g/mol. The van der Waals surface area contributed by atoms with E-state index in [0.29, 0.717) is 5.56 Å². The van der Waals surface area contributed by atoms with Crippen LogP contribution >= 0.6 is 15.9 Å². The van der Waals surface area contributed by atoms with Gasteiger partial charge in [0.15, 0.2) is 0 Å². The largest absolute Gasteiger partial charge is 0.384 e. The van der Waals surface area contributed by atoms with Crippen LogP contribution in [0.3, 0.4) is 0 Å². The van der Waals surface area contributed by atoms with E-state index in [4.69, 9.17) is 5.26 Å². The molecule has 1 aromatic heterocycles. The minimum absolute atomic E-state index is 0.588. The fourth-order valence-electron chi connectivity index (χ4n) is 2.06. The number of nitriles is 1. The first-order valence-corrected chi connectivity index (χ1v) is 6.75. The number of anilines is 1. The summed E-state index contributed by atoms with van der Waals surface area (Å²) in [6.07, 6.45) is 2.56. The summed E-state index contributed by atoms with van der Waals surface area (Å²) >= 11 is 3.52. The summed E-state index contributed by atoms with van der Waals surface area (Å²) in [5.41, 5.74) is 3.61. The number of rotatable bonds is 3. The van der Waals surface area contributed by atoms with Crippen molar-refractivity contribution < 1.29 is 0 Å². The van der Waals surface area contributed by atoms with Gasteiger partial charge < -0.3 is 5.32 Å². The van der Waals surface area contributed by atoms with Gasteiger partial charge in [0.05, 0.1) is 16.8 Å². The van der Waals surface area contributed by atoms with Crippen molar-refractivity contribution in [3.8, 4) is 6.07 Å². The van der Waals surface area contributed by atoms with Gasteiger partial charge in [-0.2, -0.15) is 5.26 Å². The normalized spacial score (nSPS) is 10.3. The van der Waals surface area contributed by atoms with Crippen LogP contribution in [0.5, 0.6) is 0 Å². The fraction of sp³-hybridized carbons (Fsp3) is 0.286. The molecule has 1 heterocycles. The van der Waals surface area contributed by atoms with Gasteiger partial charge in [-0.25, -0.2) is 0 Å².